The van der Waals surface area contributed by atoms with Crippen LogP contribution in [0.2, 0.25) is 0 Å². The second-order valence-corrected chi connectivity index (χ2v) is 4.64. The molecule has 0 unspecified atom stereocenters. The first-order valence-electron chi connectivity index (χ1n) is 4.90. The summed E-state index contributed by atoms with van der Waals surface area (Å²) in [5.41, 5.74) is 7.74. The molecule has 0 aromatic heterocycles. The Morgan fingerprint density at radius 2 is 2.20 bits per heavy atom. The van der Waals surface area contributed by atoms with E-state index in [1.54, 1.807) is 7.11 Å². The Morgan fingerprint density at radius 3 is 2.80 bits per heavy atom. The van der Waals surface area contributed by atoms with Crippen LogP contribution in [0.25, 0.3) is 0 Å². The highest BCUT2D eigenvalue weighted by atomic mass is 127. The van der Waals surface area contributed by atoms with Crippen LogP contribution >= 0.6 is 22.6 Å². The largest absolute Gasteiger partial charge is 0.399 e. The normalized spacial score (nSPS) is 10.3. The Hall–Kier alpha value is -0.490. The van der Waals surface area contributed by atoms with Gasteiger partial charge < -0.3 is 15.4 Å². The third kappa shape index (κ3) is 3.87. The third-order valence-electron chi connectivity index (χ3n) is 2.22. The molecule has 0 saturated carbocycles. The van der Waals surface area contributed by atoms with Gasteiger partial charge in [0.05, 0.1) is 5.69 Å². The fourth-order valence-corrected chi connectivity index (χ4v) is 2.35. The number of anilines is 2. The van der Waals surface area contributed by atoms with Crippen LogP contribution in [0.5, 0.6) is 0 Å². The molecule has 0 aliphatic carbocycles. The molecule has 0 amide bonds. The van der Waals surface area contributed by atoms with Gasteiger partial charge in [-0.1, -0.05) is 0 Å². The Balaban J connectivity index is 2.61. The lowest BCUT2D eigenvalue weighted by Gasteiger charge is -2.20. The summed E-state index contributed by atoms with van der Waals surface area (Å²) in [7, 11) is 3.82. The van der Waals surface area contributed by atoms with Crippen LogP contribution in [0, 0.1) is 3.57 Å². The zero-order valence-electron chi connectivity index (χ0n) is 9.16. The van der Waals surface area contributed by atoms with Gasteiger partial charge in [-0.25, -0.2) is 0 Å². The monoisotopic (exact) mass is 320 g/mol. The van der Waals surface area contributed by atoms with Gasteiger partial charge in [0.2, 0.25) is 0 Å². The van der Waals surface area contributed by atoms with E-state index in [4.69, 9.17) is 10.5 Å². The summed E-state index contributed by atoms with van der Waals surface area (Å²) >= 11 is 2.31. The Bertz CT molecular complexity index is 317. The van der Waals surface area contributed by atoms with E-state index in [1.165, 1.54) is 9.26 Å². The highest BCUT2D eigenvalue weighted by molar-refractivity contribution is 14.1. The maximum atomic E-state index is 5.71. The standard InChI is InChI=1S/C11H17IN2O/c1-14(6-3-7-15-2)11-5-4-9(13)8-10(11)12/h4-5,8H,3,6-7,13H2,1-2H3. The van der Waals surface area contributed by atoms with Crippen molar-refractivity contribution in [1.82, 2.24) is 0 Å². The molecule has 15 heavy (non-hydrogen) atoms. The number of rotatable bonds is 5. The van der Waals surface area contributed by atoms with Crippen LogP contribution in [0.4, 0.5) is 11.4 Å². The fourth-order valence-electron chi connectivity index (χ4n) is 1.40. The number of nitrogen functional groups attached to an aromatic ring is 1. The number of benzene rings is 1. The van der Waals surface area contributed by atoms with Crippen LogP contribution < -0.4 is 10.6 Å². The minimum absolute atomic E-state index is 0.801. The molecule has 0 aliphatic heterocycles. The maximum Gasteiger partial charge on any atom is 0.0500 e. The smallest absolute Gasteiger partial charge is 0.0500 e. The lowest BCUT2D eigenvalue weighted by atomic mass is 10.2. The summed E-state index contributed by atoms with van der Waals surface area (Å²) in [4.78, 5) is 2.22. The van der Waals surface area contributed by atoms with Crippen LogP contribution in [0.15, 0.2) is 18.2 Å². The van der Waals surface area contributed by atoms with E-state index >= 15 is 0 Å². The van der Waals surface area contributed by atoms with Gasteiger partial charge in [0.15, 0.2) is 0 Å². The van der Waals surface area contributed by atoms with Gasteiger partial charge >= 0.3 is 0 Å². The average Bonchev–Trinajstić information content (AvgIpc) is 2.17. The number of ether oxygens (including phenoxy) is 1. The molecule has 0 radical (unpaired) electrons. The van der Waals surface area contributed by atoms with Gasteiger partial charge in [-0.05, 0) is 47.2 Å². The average molecular weight is 320 g/mol. The molecule has 0 aliphatic rings. The van der Waals surface area contributed by atoms with Crippen LogP contribution in [0.1, 0.15) is 6.42 Å². The molecule has 4 heteroatoms. The van der Waals surface area contributed by atoms with E-state index in [2.05, 4.69) is 40.6 Å². The second-order valence-electron chi connectivity index (χ2n) is 3.48. The molecule has 84 valence electrons. The molecule has 0 atom stereocenters. The summed E-state index contributed by atoms with van der Waals surface area (Å²) < 4.78 is 6.22. The van der Waals surface area contributed by atoms with Crippen molar-refractivity contribution >= 4 is 34.0 Å². The number of hydrogen-bond acceptors (Lipinski definition) is 3. The number of nitrogens with zero attached hydrogens (tertiary/aromatic N) is 1. The third-order valence-corrected chi connectivity index (χ3v) is 3.09. The molecule has 2 N–H and O–H groups in total. The van der Waals surface area contributed by atoms with Crippen molar-refractivity contribution < 1.29 is 4.74 Å². The van der Waals surface area contributed by atoms with E-state index in [9.17, 15) is 0 Å². The van der Waals surface area contributed by atoms with E-state index in [0.717, 1.165) is 25.3 Å². The van der Waals surface area contributed by atoms with E-state index < -0.39 is 0 Å². The predicted molar refractivity (Wildman–Crippen MR) is 73.3 cm³/mol. The molecule has 0 spiro atoms. The first-order chi connectivity index (χ1) is 7.15. The van der Waals surface area contributed by atoms with E-state index in [1.807, 2.05) is 12.1 Å². The van der Waals surface area contributed by atoms with Gasteiger partial charge in [0.25, 0.3) is 0 Å². The zero-order chi connectivity index (χ0) is 11.3. The molecular weight excluding hydrogens is 303 g/mol. The van der Waals surface area contributed by atoms with Gasteiger partial charge in [-0.2, -0.15) is 0 Å². The number of nitrogens with two attached hydrogens (primary N) is 1. The SMILES string of the molecule is COCCCN(C)c1ccc(N)cc1I. The molecule has 0 bridgehead atoms. The van der Waals surface area contributed by atoms with Crippen molar-refractivity contribution in [2.45, 2.75) is 6.42 Å². The quantitative estimate of drug-likeness (QED) is 0.514. The topological polar surface area (TPSA) is 38.5 Å². The Morgan fingerprint density at radius 1 is 1.47 bits per heavy atom. The predicted octanol–water partition coefficient (Wildman–Crippen LogP) is 2.35. The summed E-state index contributed by atoms with van der Waals surface area (Å²) in [6.45, 7) is 1.80. The Kier molecular flexibility index (Phi) is 5.17. The molecular formula is C11H17IN2O. The summed E-state index contributed by atoms with van der Waals surface area (Å²) in [5.74, 6) is 0. The number of halogens is 1. The van der Waals surface area contributed by atoms with Crippen LogP contribution in [0.3, 0.4) is 0 Å². The molecule has 3 nitrogen and oxygen atoms in total. The minimum atomic E-state index is 0.801. The highest BCUT2D eigenvalue weighted by Gasteiger charge is 2.05. The van der Waals surface area contributed by atoms with E-state index in [0.29, 0.717) is 0 Å². The number of methoxy groups -OCH3 is 1. The minimum Gasteiger partial charge on any atom is -0.399 e. The van der Waals surface area contributed by atoms with Crippen molar-refractivity contribution in [3.63, 3.8) is 0 Å². The molecule has 1 aromatic rings. The first-order valence-corrected chi connectivity index (χ1v) is 5.98. The lowest BCUT2D eigenvalue weighted by molar-refractivity contribution is 0.196. The number of hydrogen-bond donors (Lipinski definition) is 1. The molecule has 1 aromatic carbocycles. The first kappa shape index (κ1) is 12.6. The maximum absolute atomic E-state index is 5.71. The fraction of sp³-hybridized carbons (Fsp3) is 0.455. The van der Waals surface area contributed by atoms with Crippen molar-refractivity contribution in [2.75, 3.05) is 37.9 Å². The lowest BCUT2D eigenvalue weighted by Crippen LogP contribution is -2.20. The Labute approximate surface area is 105 Å². The van der Waals surface area contributed by atoms with Gasteiger partial charge in [0, 0.05) is 36.6 Å². The van der Waals surface area contributed by atoms with Gasteiger partial charge in [-0.3, -0.25) is 0 Å². The molecule has 0 fully saturated rings. The van der Waals surface area contributed by atoms with Crippen molar-refractivity contribution in [2.24, 2.45) is 0 Å². The molecule has 0 saturated heterocycles. The van der Waals surface area contributed by atoms with Crippen LogP contribution in [-0.2, 0) is 4.74 Å². The summed E-state index contributed by atoms with van der Waals surface area (Å²) in [5, 5.41) is 0. The van der Waals surface area contributed by atoms with Gasteiger partial charge in [0.1, 0.15) is 0 Å². The van der Waals surface area contributed by atoms with Crippen molar-refractivity contribution in [3.05, 3.63) is 21.8 Å². The van der Waals surface area contributed by atoms with Crippen LogP contribution in [-0.4, -0.2) is 27.3 Å². The molecule has 0 heterocycles. The zero-order valence-corrected chi connectivity index (χ0v) is 11.3. The summed E-state index contributed by atoms with van der Waals surface area (Å²) in [6.07, 6.45) is 1.04. The van der Waals surface area contributed by atoms with E-state index in [-0.39, 0.29) is 0 Å². The molecule has 1 rings (SSSR count). The van der Waals surface area contributed by atoms with Crippen molar-refractivity contribution in [3.8, 4) is 0 Å². The highest BCUT2D eigenvalue weighted by Crippen LogP contribution is 2.23. The van der Waals surface area contributed by atoms with Gasteiger partial charge in [-0.15, -0.1) is 0 Å². The second kappa shape index (κ2) is 6.17. The summed E-state index contributed by atoms with van der Waals surface area (Å²) in [6, 6.07) is 5.98. The van der Waals surface area contributed by atoms with Crippen molar-refractivity contribution in [1.29, 1.82) is 0 Å².